The van der Waals surface area contributed by atoms with E-state index in [4.69, 9.17) is 18.3 Å². The molecule has 0 saturated heterocycles. The average Bonchev–Trinajstić information content (AvgIpc) is 2.98. The highest BCUT2D eigenvalue weighted by Crippen LogP contribution is 2.43. The molecule has 0 saturated carbocycles. The number of benzene rings is 1. The molecule has 0 radical (unpaired) electrons. The Kier molecular flexibility index (Phi) is 17.8. The Hall–Kier alpha value is -0.236. The highest BCUT2D eigenvalue weighted by Gasteiger charge is 2.46. The van der Waals surface area contributed by atoms with E-state index >= 15 is 0 Å². The smallest absolute Gasteiger partial charge is 0.192 e. The number of aliphatic hydroxyl groups is 1. The van der Waals surface area contributed by atoms with Gasteiger partial charge in [0.2, 0.25) is 0 Å². The van der Waals surface area contributed by atoms with Gasteiger partial charge in [-0.25, -0.2) is 0 Å². The second kappa shape index (κ2) is 18.8. The van der Waals surface area contributed by atoms with Crippen molar-refractivity contribution in [2.24, 2.45) is 23.7 Å². The molecule has 0 aliphatic carbocycles. The van der Waals surface area contributed by atoms with Gasteiger partial charge >= 0.3 is 0 Å². The van der Waals surface area contributed by atoms with Gasteiger partial charge in [0.15, 0.2) is 16.6 Å². The second-order valence-electron chi connectivity index (χ2n) is 14.4. The molecule has 8 heteroatoms. The molecule has 0 heterocycles. The molecule has 0 unspecified atom stereocenters. The van der Waals surface area contributed by atoms with Crippen molar-refractivity contribution in [2.45, 2.75) is 131 Å². The first-order valence-corrected chi connectivity index (χ1v) is 23.2. The zero-order valence-corrected chi connectivity index (χ0v) is 33.9. The van der Waals surface area contributed by atoms with E-state index in [1.165, 1.54) is 5.57 Å². The van der Waals surface area contributed by atoms with Gasteiger partial charge in [0.25, 0.3) is 0 Å². The van der Waals surface area contributed by atoms with Crippen LogP contribution in [0.3, 0.4) is 0 Å². The number of hydrogen-bond acceptors (Lipinski definition) is 5. The van der Waals surface area contributed by atoms with Crippen LogP contribution in [0.4, 0.5) is 0 Å². The summed E-state index contributed by atoms with van der Waals surface area (Å²) in [5.74, 6) is 1.50. The number of hydrogen-bond donors (Lipinski definition) is 1. The highest BCUT2D eigenvalue weighted by molar-refractivity contribution is 14.1. The first kappa shape index (κ1) is 40.8. The fourth-order valence-electron chi connectivity index (χ4n) is 5.72. The molecule has 6 atom stereocenters. The topological polar surface area (TPSA) is 57.2 Å². The maximum atomic E-state index is 10.5. The lowest BCUT2D eigenvalue weighted by atomic mass is 9.75. The second-order valence-corrected chi connectivity index (χ2v) is 24.5. The number of methoxy groups -OCH3 is 1. The fraction of sp³-hybridized carbons (Fsp3) is 0.771. The summed E-state index contributed by atoms with van der Waals surface area (Å²) in [4.78, 5) is 0. The monoisotopic (exact) mass is 748 g/mol. The van der Waals surface area contributed by atoms with Crippen molar-refractivity contribution in [1.29, 1.82) is 0 Å². The van der Waals surface area contributed by atoms with Gasteiger partial charge in [-0.3, -0.25) is 0 Å². The molecule has 43 heavy (non-hydrogen) atoms. The molecule has 1 N–H and O–H groups in total. The number of halogens is 1. The lowest BCUT2D eigenvalue weighted by molar-refractivity contribution is -0.0418. The Bertz CT molecular complexity index is 934. The molecule has 0 aromatic heterocycles. The van der Waals surface area contributed by atoms with Gasteiger partial charge < -0.3 is 23.4 Å². The highest BCUT2D eigenvalue weighted by atomic mass is 127. The van der Waals surface area contributed by atoms with Crippen LogP contribution in [0, 0.1) is 23.7 Å². The lowest BCUT2D eigenvalue weighted by Gasteiger charge is -2.47. The normalized spacial score (nSPS) is 17.7. The van der Waals surface area contributed by atoms with E-state index in [9.17, 15) is 5.11 Å². The SMILES string of the molecule is CC[Si](CC)(CC)O[C@@H]([C@@H](C/C(C)=C\I)[C@H](C)[C@H](O[Si](C)(C)C(C)(C)C)[C@H](C)COCc1ccc(OC)cc1)[C@@H](C)CO. The molecule has 1 aromatic rings. The molecule has 0 amide bonds. The molecule has 0 aliphatic heterocycles. The Morgan fingerprint density at radius 2 is 1.49 bits per heavy atom. The van der Waals surface area contributed by atoms with Crippen LogP contribution in [0.5, 0.6) is 5.75 Å². The number of allylic oxidation sites excluding steroid dienone is 1. The van der Waals surface area contributed by atoms with E-state index in [0.717, 1.165) is 35.9 Å². The minimum atomic E-state index is -2.11. The Balaban J connectivity index is 3.51. The Morgan fingerprint density at radius 3 is 1.93 bits per heavy atom. The molecule has 0 spiro atoms. The summed E-state index contributed by atoms with van der Waals surface area (Å²) in [6.07, 6.45) is 0.898. The molecular formula is C35H65IO5Si2. The molecule has 1 aromatic carbocycles. The summed E-state index contributed by atoms with van der Waals surface area (Å²) in [7, 11) is -2.35. The van der Waals surface area contributed by atoms with Gasteiger partial charge in [0.1, 0.15) is 5.75 Å². The van der Waals surface area contributed by atoms with E-state index in [1.807, 2.05) is 12.1 Å². The summed E-state index contributed by atoms with van der Waals surface area (Å²) in [6.45, 7) is 28.9. The number of rotatable bonds is 20. The van der Waals surface area contributed by atoms with E-state index in [0.29, 0.717) is 13.2 Å². The quantitative estimate of drug-likeness (QED) is 0.106. The van der Waals surface area contributed by atoms with Crippen molar-refractivity contribution in [3.05, 3.63) is 39.5 Å². The van der Waals surface area contributed by atoms with Crippen molar-refractivity contribution < 1.29 is 23.4 Å². The first-order valence-electron chi connectivity index (χ1n) is 16.5. The van der Waals surface area contributed by atoms with Crippen molar-refractivity contribution >= 4 is 39.2 Å². The predicted molar refractivity (Wildman–Crippen MR) is 197 cm³/mol. The maximum Gasteiger partial charge on any atom is 0.192 e. The van der Waals surface area contributed by atoms with Gasteiger partial charge in [-0.05, 0) is 83.2 Å². The van der Waals surface area contributed by atoms with Crippen molar-refractivity contribution in [1.82, 2.24) is 0 Å². The van der Waals surface area contributed by atoms with Crippen LogP contribution in [0.25, 0.3) is 0 Å². The molecule has 0 aliphatic rings. The fourth-order valence-corrected chi connectivity index (χ4v) is 10.4. The third-order valence-corrected chi connectivity index (χ3v) is 20.3. The zero-order valence-electron chi connectivity index (χ0n) is 29.8. The van der Waals surface area contributed by atoms with Gasteiger partial charge in [-0.1, -0.05) is 103 Å². The number of aliphatic hydroxyl groups excluding tert-OH is 1. The summed E-state index contributed by atoms with van der Waals surface area (Å²) < 4.78 is 28.5. The van der Waals surface area contributed by atoms with Crippen LogP contribution < -0.4 is 4.74 Å². The maximum absolute atomic E-state index is 10.5. The minimum Gasteiger partial charge on any atom is -0.497 e. The third-order valence-electron chi connectivity index (χ3n) is 10.1. The molecule has 0 fully saturated rings. The average molecular weight is 749 g/mol. The molecule has 1 rings (SSSR count). The summed E-state index contributed by atoms with van der Waals surface area (Å²) in [5, 5.41) is 10.6. The van der Waals surface area contributed by atoms with Crippen LogP contribution in [-0.4, -0.2) is 54.3 Å². The van der Waals surface area contributed by atoms with Crippen LogP contribution in [0.15, 0.2) is 33.9 Å². The molecule has 250 valence electrons. The summed E-state index contributed by atoms with van der Waals surface area (Å²) in [5.41, 5.74) is 2.48. The molecule has 0 bridgehead atoms. The van der Waals surface area contributed by atoms with Crippen molar-refractivity contribution in [3.63, 3.8) is 0 Å². The Labute approximate surface area is 281 Å². The van der Waals surface area contributed by atoms with Crippen LogP contribution >= 0.6 is 22.6 Å². The Morgan fingerprint density at radius 1 is 0.930 bits per heavy atom. The van der Waals surface area contributed by atoms with Gasteiger partial charge in [-0.15, -0.1) is 0 Å². The third kappa shape index (κ3) is 12.1. The largest absolute Gasteiger partial charge is 0.497 e. The van der Waals surface area contributed by atoms with Crippen molar-refractivity contribution in [3.8, 4) is 5.75 Å². The van der Waals surface area contributed by atoms with E-state index in [1.54, 1.807) is 7.11 Å². The van der Waals surface area contributed by atoms with Crippen LogP contribution in [-0.2, 0) is 20.2 Å². The van der Waals surface area contributed by atoms with E-state index in [-0.39, 0.29) is 47.5 Å². The van der Waals surface area contributed by atoms with Crippen molar-refractivity contribution in [2.75, 3.05) is 20.3 Å². The summed E-state index contributed by atoms with van der Waals surface area (Å²) >= 11 is 2.37. The summed E-state index contributed by atoms with van der Waals surface area (Å²) in [6, 6.07) is 11.4. The zero-order chi connectivity index (χ0) is 33.0. The predicted octanol–water partition coefficient (Wildman–Crippen LogP) is 10.2. The minimum absolute atomic E-state index is 0.00158. The van der Waals surface area contributed by atoms with Gasteiger partial charge in [-0.2, -0.15) is 0 Å². The van der Waals surface area contributed by atoms with Crippen LogP contribution in [0.1, 0.15) is 81.2 Å². The number of ether oxygens (including phenoxy) is 2. The lowest BCUT2D eigenvalue weighted by Crippen LogP contribution is -2.52. The van der Waals surface area contributed by atoms with E-state index in [2.05, 4.69) is 121 Å². The molecular weight excluding hydrogens is 683 g/mol. The van der Waals surface area contributed by atoms with Gasteiger partial charge in [0.05, 0.1) is 32.5 Å². The first-order chi connectivity index (χ1) is 20.0. The van der Waals surface area contributed by atoms with E-state index < -0.39 is 16.6 Å². The molecule has 5 nitrogen and oxygen atoms in total. The standard InChI is InChI=1S/C35H65IO5Si2/c1-14-43(15-2,16-3)41-34(27(5)23-37)32(21-26(4)22-36)29(7)33(40-42(12,13)35(8,9)10)28(6)24-39-25-30-17-19-31(38-11)20-18-30/h17-20,22,27-29,32-34,37H,14-16,21,23-25H2,1-13H3/b26-22-/t27-,28+,29-,32-,33+,34+/m0/s1. The van der Waals surface area contributed by atoms with Gasteiger partial charge in [0, 0.05) is 18.4 Å². The van der Waals surface area contributed by atoms with Crippen LogP contribution in [0.2, 0.25) is 36.3 Å².